The average molecular weight is 971 g/mol. The predicted molar refractivity (Wildman–Crippen MR) is 197 cm³/mol. The van der Waals surface area contributed by atoms with Crippen LogP contribution in [-0.2, 0) is 40.7 Å². The third-order valence-corrected chi connectivity index (χ3v) is 8.51. The van der Waals surface area contributed by atoms with Crippen LogP contribution in [-0.4, -0.2) is 99.5 Å². The number of hydrogen-bond donors (Lipinski definition) is 0. The number of methoxy groups -OCH3 is 1. The number of ether oxygens (including phenoxy) is 1. The SMILES string of the molecule is COc1ccncc1.O=S(=O)([O-])C(F)(F)F.O=S(=O)([O-])C(F)(F)F.[Pd].[c-]1cccc2ccc3cccnc3c12.c1cnn([B-](n2cccn2)(n2cccn2)n2cccn2)c1. The fourth-order valence-corrected chi connectivity index (χ4v) is 4.88. The Hall–Kier alpha value is -5.97. The molecule has 6 heterocycles. The molecule has 0 aliphatic heterocycles. The molecular formula is C33H27BF6N10O7PdS2-4. The molecule has 0 spiro atoms. The van der Waals surface area contributed by atoms with E-state index in [0.29, 0.717) is 0 Å². The topological polar surface area (TPSA) is 221 Å². The van der Waals surface area contributed by atoms with Crippen molar-refractivity contribution in [3.63, 3.8) is 0 Å². The van der Waals surface area contributed by atoms with Crippen LogP contribution < -0.4 is 4.74 Å². The first kappa shape index (κ1) is 48.4. The van der Waals surface area contributed by atoms with Crippen molar-refractivity contribution in [1.29, 1.82) is 0 Å². The van der Waals surface area contributed by atoms with E-state index in [1.165, 1.54) is 10.8 Å². The van der Waals surface area contributed by atoms with Crippen LogP contribution in [0.25, 0.3) is 21.7 Å². The normalized spacial score (nSPS) is 11.6. The zero-order valence-corrected chi connectivity index (χ0v) is 33.4. The molecule has 0 saturated heterocycles. The molecule has 6 aromatic heterocycles. The summed E-state index contributed by atoms with van der Waals surface area (Å²) in [6, 6.07) is 28.6. The van der Waals surface area contributed by atoms with Gasteiger partial charge in [0.25, 0.3) is 0 Å². The molecule has 0 bridgehead atoms. The van der Waals surface area contributed by atoms with Gasteiger partial charge in [0.05, 0.1) is 7.11 Å². The second-order valence-electron chi connectivity index (χ2n) is 11.1. The minimum atomic E-state index is -6.09. The van der Waals surface area contributed by atoms with Gasteiger partial charge in [-0.2, -0.15) is 26.3 Å². The zero-order valence-electron chi connectivity index (χ0n) is 30.2. The van der Waals surface area contributed by atoms with Gasteiger partial charge in [-0.15, -0.1) is 35.0 Å². The maximum Gasteiger partial charge on any atom is 0.485 e. The molecule has 27 heteroatoms. The Morgan fingerprint density at radius 2 is 1.00 bits per heavy atom. The average Bonchev–Trinajstić information content (AvgIpc) is 4.06. The molecule has 17 nitrogen and oxygen atoms in total. The van der Waals surface area contributed by atoms with Crippen molar-refractivity contribution in [2.75, 3.05) is 7.11 Å². The Kier molecular flexibility index (Phi) is 16.8. The van der Waals surface area contributed by atoms with Crippen LogP contribution in [0.1, 0.15) is 0 Å². The predicted octanol–water partition coefficient (Wildman–Crippen LogP) is 4.78. The Balaban J connectivity index is 0.000000215. The van der Waals surface area contributed by atoms with Crippen LogP contribution >= 0.6 is 0 Å². The number of hydrogen-bond acceptors (Lipinski definition) is 13. The second-order valence-corrected chi connectivity index (χ2v) is 13.8. The first-order chi connectivity index (χ1) is 27.8. The number of alkyl halides is 6. The number of pyridine rings is 2. The summed E-state index contributed by atoms with van der Waals surface area (Å²) in [5.74, 6) is 0.847. The van der Waals surface area contributed by atoms with Crippen LogP contribution in [0, 0.1) is 6.07 Å². The van der Waals surface area contributed by atoms with E-state index in [1.807, 2.05) is 91.8 Å². The van der Waals surface area contributed by atoms with Gasteiger partial charge in [-0.25, -0.2) is 37.2 Å². The van der Waals surface area contributed by atoms with Crippen molar-refractivity contribution < 1.29 is 77.4 Å². The van der Waals surface area contributed by atoms with Gasteiger partial charge in [-0.1, -0.05) is 18.2 Å². The molecular weight excluding hydrogens is 944 g/mol. The van der Waals surface area contributed by atoms with E-state index in [1.54, 1.807) is 56.4 Å². The molecule has 60 heavy (non-hydrogen) atoms. The monoisotopic (exact) mass is 970 g/mol. The molecule has 322 valence electrons. The standard InChI is InChI=1S/C13H8N.C12H12BN8.C6H7NO.2CHF3O3S.Pd/c1-2-6-12-10(4-1)7-8-11-5-3-9-14-13(11)12;1-5-14-18(9-1)13(19-10-2-6-15-19,20-11-3-7-16-20)21-12-4-8-17-21;1-8-6-2-4-7-5-3-6;2*2-1(3,4)8(5,6)7;/h1-5,7-9H;1-12H;2-5H,1H3;2*(H,5,6,7);/q2*-1;;;;/p-2. The second kappa shape index (κ2) is 20.8. The van der Waals surface area contributed by atoms with E-state index >= 15 is 0 Å². The molecule has 0 aliphatic rings. The van der Waals surface area contributed by atoms with Gasteiger partial charge in [0.2, 0.25) is 0 Å². The molecule has 8 aromatic rings. The zero-order chi connectivity index (χ0) is 43.3. The van der Waals surface area contributed by atoms with E-state index < -0.39 is 37.9 Å². The summed E-state index contributed by atoms with van der Waals surface area (Å²) in [4.78, 5) is 8.19. The maximum absolute atomic E-state index is 10.7. The Morgan fingerprint density at radius 3 is 1.35 bits per heavy atom. The Morgan fingerprint density at radius 1 is 0.600 bits per heavy atom. The van der Waals surface area contributed by atoms with Crippen molar-refractivity contribution in [1.82, 2.24) is 48.7 Å². The number of fused-ring (bicyclic) bond motifs is 3. The van der Waals surface area contributed by atoms with Crippen LogP contribution in [0.2, 0.25) is 0 Å². The van der Waals surface area contributed by atoms with Gasteiger partial charge in [0.1, 0.15) is 5.75 Å². The van der Waals surface area contributed by atoms with Crippen LogP contribution in [0.5, 0.6) is 5.75 Å². The summed E-state index contributed by atoms with van der Waals surface area (Å²) in [7, 11) is -10.5. The van der Waals surface area contributed by atoms with Crippen molar-refractivity contribution in [2.24, 2.45) is 0 Å². The van der Waals surface area contributed by atoms with Crippen LogP contribution in [0.4, 0.5) is 26.3 Å². The fourth-order valence-electron chi connectivity index (χ4n) is 4.88. The smallest absolute Gasteiger partial charge is 0.485 e. The van der Waals surface area contributed by atoms with Crippen molar-refractivity contribution in [3.8, 4) is 5.75 Å². The fraction of sp³-hybridized carbons (Fsp3) is 0.0909. The molecule has 0 fully saturated rings. The van der Waals surface area contributed by atoms with Gasteiger partial charge in [-0.05, 0) is 78.2 Å². The summed E-state index contributed by atoms with van der Waals surface area (Å²) in [5, 5.41) is 21.1. The third-order valence-electron chi connectivity index (χ3n) is 7.38. The van der Waals surface area contributed by atoms with E-state index in [4.69, 9.17) is 30.7 Å². The largest absolute Gasteiger partial charge is 0.741 e. The van der Waals surface area contributed by atoms with Gasteiger partial charge >= 0.3 is 17.7 Å². The van der Waals surface area contributed by atoms with Crippen molar-refractivity contribution in [2.45, 2.75) is 11.0 Å². The Labute approximate surface area is 350 Å². The summed E-state index contributed by atoms with van der Waals surface area (Å²) < 4.78 is 130. The third kappa shape index (κ3) is 12.3. The van der Waals surface area contributed by atoms with Crippen LogP contribution in [0.3, 0.4) is 0 Å². The van der Waals surface area contributed by atoms with Gasteiger partial charge < -0.3 is 37.2 Å². The molecule has 0 radical (unpaired) electrons. The first-order valence-corrected chi connectivity index (χ1v) is 18.9. The number of aromatic nitrogens is 10. The molecule has 0 N–H and O–H groups in total. The van der Waals surface area contributed by atoms with E-state index in [-0.39, 0.29) is 20.4 Å². The summed E-state index contributed by atoms with van der Waals surface area (Å²) in [6.45, 7) is -1.83. The molecule has 0 atom stereocenters. The van der Waals surface area contributed by atoms with Gasteiger partial charge in [0.15, 0.2) is 20.2 Å². The molecule has 8 rings (SSSR count). The minimum absolute atomic E-state index is 0. The first-order valence-electron chi connectivity index (χ1n) is 16.1. The molecule has 0 amide bonds. The summed E-state index contributed by atoms with van der Waals surface area (Å²) in [6.07, 6.45) is 19.6. The van der Waals surface area contributed by atoms with Crippen LogP contribution in [0.15, 0.2) is 147 Å². The quantitative estimate of drug-likeness (QED) is 0.0567. The number of nitrogens with zero attached hydrogens (tertiary/aromatic N) is 10. The van der Waals surface area contributed by atoms with E-state index in [2.05, 4.69) is 60.7 Å². The van der Waals surface area contributed by atoms with Gasteiger partial charge in [-0.3, -0.25) is 4.98 Å². The van der Waals surface area contributed by atoms with E-state index in [0.717, 1.165) is 16.7 Å². The van der Waals surface area contributed by atoms with Crippen molar-refractivity contribution >= 4 is 48.6 Å². The van der Waals surface area contributed by atoms with Gasteiger partial charge in [0, 0.05) is 63.8 Å². The number of benzene rings is 2. The molecule has 0 aliphatic carbocycles. The van der Waals surface area contributed by atoms with E-state index in [9.17, 15) is 26.3 Å². The Bertz CT molecular complexity index is 2460. The minimum Gasteiger partial charge on any atom is -0.741 e. The van der Waals surface area contributed by atoms with Crippen molar-refractivity contribution in [3.05, 3.63) is 153 Å². The summed E-state index contributed by atoms with van der Waals surface area (Å²) >= 11 is 0. The number of rotatable bonds is 5. The molecule has 0 saturated carbocycles. The maximum atomic E-state index is 10.7. The summed E-state index contributed by atoms with van der Waals surface area (Å²) in [5.41, 5.74) is -10.3. The molecule has 0 unspecified atom stereocenters. The number of halogens is 6. The molecule has 2 aromatic carbocycles.